The molecule has 4 rings (SSSR count). The molecule has 0 aliphatic heterocycles. The number of nitrogens with zero attached hydrogens (tertiary/aromatic N) is 1. The molecule has 9 nitrogen and oxygen atoms in total. The molecule has 2 aromatic heterocycles. The van der Waals surface area contributed by atoms with Gasteiger partial charge in [0.25, 0.3) is 11.6 Å². The SMILES string of the molecule is CCOC(=O)c1c(-c2ccc(Cl)cc2)csc1NC(=O)c1cc2cc([N+](=O)[O-])ccc2oc1=N. The first-order valence-corrected chi connectivity index (χ1v) is 11.2. The Labute approximate surface area is 201 Å². The van der Waals surface area contributed by atoms with Crippen molar-refractivity contribution in [3.8, 4) is 11.1 Å². The van der Waals surface area contributed by atoms with Crippen LogP contribution in [0.5, 0.6) is 0 Å². The summed E-state index contributed by atoms with van der Waals surface area (Å²) in [7, 11) is 0. The number of fused-ring (bicyclic) bond motifs is 1. The fourth-order valence-corrected chi connectivity index (χ4v) is 4.36. The summed E-state index contributed by atoms with van der Waals surface area (Å²) in [5, 5.41) is 24.6. The van der Waals surface area contributed by atoms with Gasteiger partial charge in [0.1, 0.15) is 21.7 Å². The zero-order valence-corrected chi connectivity index (χ0v) is 19.2. The minimum atomic E-state index is -0.711. The Morgan fingerprint density at radius 1 is 1.21 bits per heavy atom. The smallest absolute Gasteiger partial charge is 0.341 e. The minimum Gasteiger partial charge on any atom is -0.462 e. The third-order valence-corrected chi connectivity index (χ3v) is 6.01. The van der Waals surface area contributed by atoms with Crippen LogP contribution >= 0.6 is 22.9 Å². The van der Waals surface area contributed by atoms with Gasteiger partial charge in [-0.25, -0.2) is 4.79 Å². The van der Waals surface area contributed by atoms with Crippen LogP contribution < -0.4 is 10.9 Å². The highest BCUT2D eigenvalue weighted by Crippen LogP contribution is 2.37. The lowest BCUT2D eigenvalue weighted by molar-refractivity contribution is -0.384. The Bertz CT molecular complexity index is 1490. The summed E-state index contributed by atoms with van der Waals surface area (Å²) in [6.45, 7) is 1.81. The van der Waals surface area contributed by atoms with Crippen molar-refractivity contribution in [1.82, 2.24) is 0 Å². The number of hydrogen-bond acceptors (Lipinski definition) is 8. The quantitative estimate of drug-likeness (QED) is 0.201. The molecule has 0 atom stereocenters. The highest BCUT2D eigenvalue weighted by Gasteiger charge is 2.24. The molecule has 34 heavy (non-hydrogen) atoms. The van der Waals surface area contributed by atoms with E-state index in [-0.39, 0.29) is 39.4 Å². The number of carbonyl (C=O) groups excluding carboxylic acids is 2. The molecule has 0 unspecified atom stereocenters. The van der Waals surface area contributed by atoms with Crippen molar-refractivity contribution in [2.45, 2.75) is 6.92 Å². The first kappa shape index (κ1) is 23.1. The van der Waals surface area contributed by atoms with Crippen molar-refractivity contribution < 1.29 is 23.7 Å². The molecule has 2 heterocycles. The normalized spacial score (nSPS) is 10.8. The van der Waals surface area contributed by atoms with Crippen LogP contribution in [0.25, 0.3) is 22.1 Å². The zero-order valence-electron chi connectivity index (χ0n) is 17.6. The fourth-order valence-electron chi connectivity index (χ4n) is 3.28. The maximum absolute atomic E-state index is 13.0. The average Bonchev–Trinajstić information content (AvgIpc) is 3.22. The van der Waals surface area contributed by atoms with E-state index in [1.54, 1.807) is 36.6 Å². The molecular formula is C23H16ClN3O6S. The number of halogens is 1. The Morgan fingerprint density at radius 3 is 2.62 bits per heavy atom. The number of nitro groups is 1. The van der Waals surface area contributed by atoms with E-state index in [9.17, 15) is 19.7 Å². The molecular weight excluding hydrogens is 482 g/mol. The highest BCUT2D eigenvalue weighted by molar-refractivity contribution is 7.15. The summed E-state index contributed by atoms with van der Waals surface area (Å²) in [5.41, 5.74) is 0.902. The van der Waals surface area contributed by atoms with Crippen LogP contribution in [0.1, 0.15) is 27.6 Å². The van der Waals surface area contributed by atoms with Gasteiger partial charge in [0, 0.05) is 33.5 Å². The minimum absolute atomic E-state index is 0.140. The second-order valence-corrected chi connectivity index (χ2v) is 8.32. The van der Waals surface area contributed by atoms with Crippen LogP contribution in [0.2, 0.25) is 5.02 Å². The van der Waals surface area contributed by atoms with E-state index in [0.29, 0.717) is 16.1 Å². The predicted octanol–water partition coefficient (Wildman–Crippen LogP) is 5.63. The van der Waals surface area contributed by atoms with E-state index in [2.05, 4.69) is 5.32 Å². The van der Waals surface area contributed by atoms with Crippen LogP contribution in [0.3, 0.4) is 0 Å². The van der Waals surface area contributed by atoms with Crippen molar-refractivity contribution in [3.05, 3.63) is 85.7 Å². The van der Waals surface area contributed by atoms with Gasteiger partial charge in [-0.3, -0.25) is 20.3 Å². The summed E-state index contributed by atoms with van der Waals surface area (Å²) in [6.07, 6.45) is 0. The van der Waals surface area contributed by atoms with Crippen molar-refractivity contribution in [2.75, 3.05) is 11.9 Å². The number of amides is 1. The van der Waals surface area contributed by atoms with Crippen LogP contribution in [-0.2, 0) is 4.74 Å². The largest absolute Gasteiger partial charge is 0.462 e. The first-order chi connectivity index (χ1) is 16.3. The number of nitro benzene ring substituents is 1. The molecule has 0 aliphatic rings. The predicted molar refractivity (Wildman–Crippen MR) is 127 cm³/mol. The maximum atomic E-state index is 13.0. The lowest BCUT2D eigenvalue weighted by Gasteiger charge is -2.09. The van der Waals surface area contributed by atoms with Crippen LogP contribution in [-0.4, -0.2) is 23.4 Å². The van der Waals surface area contributed by atoms with Crippen LogP contribution in [0.4, 0.5) is 10.7 Å². The fraction of sp³-hybridized carbons (Fsp3) is 0.0870. The van der Waals surface area contributed by atoms with Crippen molar-refractivity contribution >= 4 is 56.5 Å². The van der Waals surface area contributed by atoms with E-state index in [1.165, 1.54) is 24.3 Å². The number of benzene rings is 2. The molecule has 0 saturated carbocycles. The summed E-state index contributed by atoms with van der Waals surface area (Å²) >= 11 is 7.09. The lowest BCUT2D eigenvalue weighted by Crippen LogP contribution is -2.21. The standard InChI is InChI=1S/C23H16ClN3O6S/c1-2-32-23(29)19-17(12-3-5-14(24)6-4-12)11-34-22(19)26-21(28)16-10-13-9-15(27(30)31)7-8-18(13)33-20(16)25/h3-11,25H,2H2,1H3,(H,26,28). The van der Waals surface area contributed by atoms with Gasteiger partial charge in [0.15, 0.2) is 0 Å². The maximum Gasteiger partial charge on any atom is 0.341 e. The van der Waals surface area contributed by atoms with Gasteiger partial charge in [0.2, 0.25) is 5.55 Å². The number of anilines is 1. The number of non-ortho nitro benzene ring substituents is 1. The molecule has 4 aromatic rings. The Balaban J connectivity index is 1.74. The van der Waals surface area contributed by atoms with E-state index in [1.807, 2.05) is 0 Å². The Hall–Kier alpha value is -4.02. The van der Waals surface area contributed by atoms with Gasteiger partial charge < -0.3 is 14.5 Å². The van der Waals surface area contributed by atoms with E-state index in [4.69, 9.17) is 26.2 Å². The molecule has 0 radical (unpaired) electrons. The number of rotatable bonds is 6. The number of ether oxygens (including phenoxy) is 1. The van der Waals surface area contributed by atoms with Crippen molar-refractivity contribution in [2.24, 2.45) is 0 Å². The number of esters is 1. The van der Waals surface area contributed by atoms with E-state index < -0.39 is 22.4 Å². The molecule has 0 saturated heterocycles. The van der Waals surface area contributed by atoms with Gasteiger partial charge >= 0.3 is 5.97 Å². The van der Waals surface area contributed by atoms with Gasteiger partial charge in [-0.2, -0.15) is 0 Å². The van der Waals surface area contributed by atoms with Crippen LogP contribution in [0.15, 0.2) is 58.3 Å². The zero-order chi connectivity index (χ0) is 24.4. The number of carbonyl (C=O) groups is 2. The van der Waals surface area contributed by atoms with Gasteiger partial charge in [-0.05, 0) is 36.8 Å². The number of thiophene rings is 1. The van der Waals surface area contributed by atoms with E-state index >= 15 is 0 Å². The summed E-state index contributed by atoms with van der Waals surface area (Å²) in [4.78, 5) is 36.3. The van der Waals surface area contributed by atoms with Gasteiger partial charge in [-0.1, -0.05) is 23.7 Å². The first-order valence-electron chi connectivity index (χ1n) is 9.91. The van der Waals surface area contributed by atoms with Crippen molar-refractivity contribution in [3.63, 3.8) is 0 Å². The molecule has 0 fully saturated rings. The highest BCUT2D eigenvalue weighted by atomic mass is 35.5. The summed E-state index contributed by atoms with van der Waals surface area (Å²) in [6, 6.07) is 12.1. The second-order valence-electron chi connectivity index (χ2n) is 7.00. The second kappa shape index (κ2) is 9.46. The third kappa shape index (κ3) is 4.54. The average molecular weight is 498 g/mol. The monoisotopic (exact) mass is 497 g/mol. The van der Waals surface area contributed by atoms with Gasteiger partial charge in [0.05, 0.1) is 11.5 Å². The van der Waals surface area contributed by atoms with E-state index in [0.717, 1.165) is 11.3 Å². The molecule has 0 spiro atoms. The number of hydrogen-bond donors (Lipinski definition) is 2. The summed E-state index contributed by atoms with van der Waals surface area (Å²) < 4.78 is 10.6. The molecule has 1 amide bonds. The summed E-state index contributed by atoms with van der Waals surface area (Å²) in [5.74, 6) is -1.33. The molecule has 2 N–H and O–H groups in total. The lowest BCUT2D eigenvalue weighted by atomic mass is 10.0. The molecule has 172 valence electrons. The molecule has 0 aliphatic carbocycles. The van der Waals surface area contributed by atoms with Gasteiger partial charge in [-0.15, -0.1) is 11.3 Å². The Morgan fingerprint density at radius 2 is 1.94 bits per heavy atom. The Kier molecular flexibility index (Phi) is 6.44. The topological polar surface area (TPSA) is 136 Å². The number of nitrogens with one attached hydrogen (secondary N) is 2. The van der Waals surface area contributed by atoms with Crippen LogP contribution in [0, 0.1) is 15.5 Å². The molecule has 0 bridgehead atoms. The molecule has 11 heteroatoms. The third-order valence-electron chi connectivity index (χ3n) is 4.86. The van der Waals surface area contributed by atoms with Crippen molar-refractivity contribution in [1.29, 1.82) is 5.41 Å². The molecule has 2 aromatic carbocycles.